The fraction of sp³-hybridized carbons (Fsp3) is 0.188. The van der Waals surface area contributed by atoms with E-state index in [2.05, 4.69) is 5.32 Å². The van der Waals surface area contributed by atoms with E-state index in [1.807, 2.05) is 56.3 Å². The molecular weight excluding hydrogens is 290 g/mol. The molecule has 0 spiro atoms. The molecule has 0 bridgehead atoms. The monoisotopic (exact) mass is 305 g/mol. The van der Waals surface area contributed by atoms with Gasteiger partial charge in [-0.15, -0.1) is 11.8 Å². The van der Waals surface area contributed by atoms with Gasteiger partial charge in [-0.1, -0.05) is 35.4 Å². The van der Waals surface area contributed by atoms with E-state index in [4.69, 9.17) is 11.6 Å². The standard InChI is InChI=1S/C16H16ClNOS/c1-11-6-8-13(9-7-11)20-10-16(19)18-15-5-3-4-14(17)12(15)2/h3-9H,10H2,1-2H3,(H,18,19). The number of aryl methyl sites for hydroxylation is 1. The molecule has 0 saturated heterocycles. The lowest BCUT2D eigenvalue weighted by molar-refractivity contribution is -0.113. The quantitative estimate of drug-likeness (QED) is 0.830. The second kappa shape index (κ2) is 6.82. The number of hydrogen-bond acceptors (Lipinski definition) is 2. The summed E-state index contributed by atoms with van der Waals surface area (Å²) >= 11 is 7.55. The molecule has 0 unspecified atom stereocenters. The predicted molar refractivity (Wildman–Crippen MR) is 86.7 cm³/mol. The molecule has 0 heterocycles. The van der Waals surface area contributed by atoms with Gasteiger partial charge in [0.05, 0.1) is 5.75 Å². The van der Waals surface area contributed by atoms with Crippen LogP contribution in [0.3, 0.4) is 0 Å². The second-order valence-electron chi connectivity index (χ2n) is 4.56. The van der Waals surface area contributed by atoms with Crippen molar-refractivity contribution in [1.82, 2.24) is 0 Å². The Bertz CT molecular complexity index is 610. The highest BCUT2D eigenvalue weighted by molar-refractivity contribution is 8.00. The van der Waals surface area contributed by atoms with Gasteiger partial charge >= 0.3 is 0 Å². The topological polar surface area (TPSA) is 29.1 Å². The maximum absolute atomic E-state index is 11.9. The number of thioether (sulfide) groups is 1. The fourth-order valence-electron chi connectivity index (χ4n) is 1.71. The molecule has 0 aliphatic rings. The first-order chi connectivity index (χ1) is 9.56. The van der Waals surface area contributed by atoms with Crippen molar-refractivity contribution in [3.05, 3.63) is 58.6 Å². The predicted octanol–water partition coefficient (Wildman–Crippen LogP) is 4.69. The van der Waals surface area contributed by atoms with E-state index >= 15 is 0 Å². The number of rotatable bonds is 4. The lowest BCUT2D eigenvalue weighted by Crippen LogP contribution is -2.14. The van der Waals surface area contributed by atoms with Crippen molar-refractivity contribution in [2.75, 3.05) is 11.1 Å². The molecule has 2 rings (SSSR count). The van der Waals surface area contributed by atoms with Gasteiger partial charge in [0, 0.05) is 15.6 Å². The zero-order valence-electron chi connectivity index (χ0n) is 11.4. The Kier molecular flexibility index (Phi) is 5.10. The Hall–Kier alpha value is -1.45. The molecule has 2 nitrogen and oxygen atoms in total. The van der Waals surface area contributed by atoms with Crippen molar-refractivity contribution in [3.8, 4) is 0 Å². The molecular formula is C16H16ClNOS. The molecule has 0 aromatic heterocycles. The minimum Gasteiger partial charge on any atom is -0.325 e. The lowest BCUT2D eigenvalue weighted by Gasteiger charge is -2.09. The third-order valence-corrected chi connectivity index (χ3v) is 4.35. The van der Waals surface area contributed by atoms with E-state index in [1.165, 1.54) is 17.3 Å². The minimum atomic E-state index is -0.0269. The number of anilines is 1. The first-order valence-corrected chi connectivity index (χ1v) is 7.67. The molecule has 4 heteroatoms. The van der Waals surface area contributed by atoms with E-state index in [-0.39, 0.29) is 5.91 Å². The first kappa shape index (κ1) is 14.9. The van der Waals surface area contributed by atoms with Crippen LogP contribution in [0.4, 0.5) is 5.69 Å². The number of amides is 1. The maximum atomic E-state index is 11.9. The van der Waals surface area contributed by atoms with Crippen LogP contribution in [0.5, 0.6) is 0 Å². The lowest BCUT2D eigenvalue weighted by atomic mass is 10.2. The summed E-state index contributed by atoms with van der Waals surface area (Å²) in [7, 11) is 0. The molecule has 0 atom stereocenters. The van der Waals surface area contributed by atoms with E-state index < -0.39 is 0 Å². The molecule has 0 saturated carbocycles. The van der Waals surface area contributed by atoms with E-state index in [0.717, 1.165) is 16.1 Å². The third-order valence-electron chi connectivity index (χ3n) is 2.93. The summed E-state index contributed by atoms with van der Waals surface area (Å²) in [6.45, 7) is 3.94. The van der Waals surface area contributed by atoms with Gasteiger partial charge in [-0.25, -0.2) is 0 Å². The van der Waals surface area contributed by atoms with Gasteiger partial charge in [-0.3, -0.25) is 4.79 Å². The van der Waals surface area contributed by atoms with Crippen LogP contribution in [-0.2, 0) is 4.79 Å². The Balaban J connectivity index is 1.92. The van der Waals surface area contributed by atoms with E-state index in [0.29, 0.717) is 10.8 Å². The number of nitrogens with one attached hydrogen (secondary N) is 1. The van der Waals surface area contributed by atoms with Crippen molar-refractivity contribution in [1.29, 1.82) is 0 Å². The summed E-state index contributed by atoms with van der Waals surface area (Å²) in [5.41, 5.74) is 2.88. The molecule has 0 radical (unpaired) electrons. The third kappa shape index (κ3) is 4.02. The Morgan fingerprint density at radius 1 is 1.15 bits per heavy atom. The van der Waals surface area contributed by atoms with Crippen LogP contribution in [0.25, 0.3) is 0 Å². The maximum Gasteiger partial charge on any atom is 0.234 e. The van der Waals surface area contributed by atoms with Gasteiger partial charge in [-0.2, -0.15) is 0 Å². The largest absolute Gasteiger partial charge is 0.325 e. The van der Waals surface area contributed by atoms with Gasteiger partial charge in [0.2, 0.25) is 5.91 Å². The molecule has 0 aliphatic carbocycles. The average Bonchev–Trinajstić information content (AvgIpc) is 2.43. The van der Waals surface area contributed by atoms with Gasteiger partial charge in [0.1, 0.15) is 0 Å². The first-order valence-electron chi connectivity index (χ1n) is 6.30. The summed E-state index contributed by atoms with van der Waals surface area (Å²) in [4.78, 5) is 13.0. The van der Waals surface area contributed by atoms with Gasteiger partial charge in [0.25, 0.3) is 0 Å². The average molecular weight is 306 g/mol. The van der Waals surface area contributed by atoms with Crippen LogP contribution in [0.2, 0.25) is 5.02 Å². The zero-order chi connectivity index (χ0) is 14.5. The Morgan fingerprint density at radius 2 is 1.85 bits per heavy atom. The number of carbonyl (C=O) groups excluding carboxylic acids is 1. The van der Waals surface area contributed by atoms with Crippen LogP contribution >= 0.6 is 23.4 Å². The minimum absolute atomic E-state index is 0.0269. The summed E-state index contributed by atoms with van der Waals surface area (Å²) in [5, 5.41) is 3.55. The van der Waals surface area contributed by atoms with Gasteiger partial charge < -0.3 is 5.32 Å². The fourth-order valence-corrected chi connectivity index (χ4v) is 2.59. The van der Waals surface area contributed by atoms with E-state index in [1.54, 1.807) is 0 Å². The Labute approximate surface area is 128 Å². The SMILES string of the molecule is Cc1ccc(SCC(=O)Nc2cccc(Cl)c2C)cc1. The molecule has 104 valence electrons. The van der Waals surface area contributed by atoms with Crippen molar-refractivity contribution in [2.45, 2.75) is 18.7 Å². The number of carbonyl (C=O) groups is 1. The normalized spacial score (nSPS) is 10.3. The number of hydrogen-bond donors (Lipinski definition) is 1. The smallest absolute Gasteiger partial charge is 0.234 e. The highest BCUT2D eigenvalue weighted by atomic mass is 35.5. The van der Waals surface area contributed by atoms with E-state index in [9.17, 15) is 4.79 Å². The molecule has 20 heavy (non-hydrogen) atoms. The summed E-state index contributed by atoms with van der Waals surface area (Å²) in [6.07, 6.45) is 0. The van der Waals surface area contributed by atoms with Crippen LogP contribution in [0, 0.1) is 13.8 Å². The van der Waals surface area contributed by atoms with Crippen LogP contribution in [0.1, 0.15) is 11.1 Å². The van der Waals surface area contributed by atoms with Crippen molar-refractivity contribution in [2.24, 2.45) is 0 Å². The van der Waals surface area contributed by atoms with Crippen molar-refractivity contribution < 1.29 is 4.79 Å². The molecule has 2 aromatic rings. The molecule has 0 fully saturated rings. The van der Waals surface area contributed by atoms with Gasteiger partial charge in [-0.05, 0) is 43.7 Å². The highest BCUT2D eigenvalue weighted by Gasteiger charge is 2.07. The molecule has 1 N–H and O–H groups in total. The Morgan fingerprint density at radius 3 is 2.55 bits per heavy atom. The molecule has 1 amide bonds. The van der Waals surface area contributed by atoms with Crippen LogP contribution in [0.15, 0.2) is 47.4 Å². The zero-order valence-corrected chi connectivity index (χ0v) is 13.0. The molecule has 2 aromatic carbocycles. The summed E-state index contributed by atoms with van der Waals surface area (Å²) in [5.74, 6) is 0.357. The van der Waals surface area contributed by atoms with Gasteiger partial charge in [0.15, 0.2) is 0 Å². The van der Waals surface area contributed by atoms with Crippen LogP contribution < -0.4 is 5.32 Å². The number of halogens is 1. The highest BCUT2D eigenvalue weighted by Crippen LogP contribution is 2.24. The van der Waals surface area contributed by atoms with Crippen LogP contribution in [-0.4, -0.2) is 11.7 Å². The van der Waals surface area contributed by atoms with Crippen molar-refractivity contribution >= 4 is 35.0 Å². The molecule has 0 aliphatic heterocycles. The van der Waals surface area contributed by atoms with Crippen molar-refractivity contribution in [3.63, 3.8) is 0 Å². The second-order valence-corrected chi connectivity index (χ2v) is 6.02. The summed E-state index contributed by atoms with van der Waals surface area (Å²) in [6, 6.07) is 13.6. The number of benzene rings is 2. The summed E-state index contributed by atoms with van der Waals surface area (Å²) < 4.78 is 0.